The lowest BCUT2D eigenvalue weighted by atomic mass is 10.3. The molecule has 15 heavy (non-hydrogen) atoms. The molecule has 0 aliphatic heterocycles. The summed E-state index contributed by atoms with van der Waals surface area (Å²) in [4.78, 5) is 11.0. The van der Waals surface area contributed by atoms with Gasteiger partial charge in [-0.25, -0.2) is 0 Å². The van der Waals surface area contributed by atoms with Crippen molar-refractivity contribution in [1.82, 2.24) is 0 Å². The number of rotatable bonds is 3. The Labute approximate surface area is 93.9 Å². The molecule has 0 aliphatic rings. The largest absolute Gasteiger partial charge is 0.380 e. The Morgan fingerprint density at radius 2 is 1.87 bits per heavy atom. The number of amides is 1. The Balaban J connectivity index is 2.68. The highest BCUT2D eigenvalue weighted by Gasteiger charge is 2.13. The van der Waals surface area contributed by atoms with Gasteiger partial charge in [-0.3, -0.25) is 4.79 Å². The lowest BCUT2D eigenvalue weighted by Crippen LogP contribution is -2.11. The molecule has 1 aromatic carbocycles. The molecule has 82 valence electrons. The van der Waals surface area contributed by atoms with E-state index in [0.717, 1.165) is 10.6 Å². The first-order valence-electron chi connectivity index (χ1n) is 4.66. The third-order valence-electron chi connectivity index (χ3n) is 1.54. The van der Waals surface area contributed by atoms with Crippen LogP contribution < -0.4 is 5.32 Å². The molecule has 0 saturated carbocycles. The number of anilines is 1. The van der Waals surface area contributed by atoms with Crippen LogP contribution in [-0.2, 0) is 4.79 Å². The molecule has 0 saturated heterocycles. The third kappa shape index (κ3) is 4.85. The second-order valence-corrected chi connectivity index (χ2v) is 5.43. The van der Waals surface area contributed by atoms with Gasteiger partial charge in [0.25, 0.3) is 0 Å². The Kier molecular flexibility index (Phi) is 3.77. The van der Waals surface area contributed by atoms with E-state index in [9.17, 15) is 9.90 Å². The summed E-state index contributed by atoms with van der Waals surface area (Å²) >= 11 is 1.37. The normalized spacial score (nSPS) is 11.2. The summed E-state index contributed by atoms with van der Waals surface area (Å²) in [5, 5.41) is 12.3. The Bertz CT molecular complexity index is 341. The zero-order valence-electron chi connectivity index (χ0n) is 9.07. The van der Waals surface area contributed by atoms with E-state index in [4.69, 9.17) is 0 Å². The van der Waals surface area contributed by atoms with Crippen molar-refractivity contribution in [2.75, 3.05) is 5.32 Å². The molecule has 0 radical (unpaired) electrons. The van der Waals surface area contributed by atoms with Crippen LogP contribution in [0.2, 0.25) is 0 Å². The smallest absolute Gasteiger partial charge is 0.221 e. The average Bonchev–Trinajstić information content (AvgIpc) is 2.05. The molecule has 0 bridgehead atoms. The summed E-state index contributed by atoms with van der Waals surface area (Å²) in [5.41, 5.74) is 0.766. The first-order valence-corrected chi connectivity index (χ1v) is 5.47. The minimum Gasteiger partial charge on any atom is -0.380 e. The molecule has 0 atom stereocenters. The number of benzene rings is 1. The van der Waals surface area contributed by atoms with Crippen LogP contribution in [0.3, 0.4) is 0 Å². The number of hydrogen-bond donors (Lipinski definition) is 2. The zero-order valence-corrected chi connectivity index (χ0v) is 9.89. The fourth-order valence-corrected chi connectivity index (χ4v) is 1.95. The topological polar surface area (TPSA) is 49.3 Å². The standard InChI is InChI=1S/C11H15NO2S/c1-8(13)12-9-4-6-10(7-5-9)15-11(2,3)14/h4-7,14H,1-3H3,(H,12,13). The summed E-state index contributed by atoms with van der Waals surface area (Å²) in [6, 6.07) is 7.37. The van der Waals surface area contributed by atoms with Crippen molar-refractivity contribution < 1.29 is 9.90 Å². The van der Waals surface area contributed by atoms with Crippen LogP contribution >= 0.6 is 11.8 Å². The zero-order chi connectivity index (χ0) is 11.5. The molecule has 0 spiro atoms. The molecule has 0 aliphatic carbocycles. The molecule has 1 aromatic rings. The van der Waals surface area contributed by atoms with Crippen LogP contribution in [-0.4, -0.2) is 15.9 Å². The van der Waals surface area contributed by atoms with Crippen LogP contribution in [0.1, 0.15) is 20.8 Å². The highest BCUT2D eigenvalue weighted by atomic mass is 32.2. The molecular weight excluding hydrogens is 210 g/mol. The van der Waals surface area contributed by atoms with Gasteiger partial charge in [0.2, 0.25) is 5.91 Å². The molecule has 3 nitrogen and oxygen atoms in total. The molecular formula is C11H15NO2S. The summed E-state index contributed by atoms with van der Waals surface area (Å²) in [6.07, 6.45) is 0. The van der Waals surface area contributed by atoms with Gasteiger partial charge >= 0.3 is 0 Å². The van der Waals surface area contributed by atoms with Crippen LogP contribution in [0.5, 0.6) is 0 Å². The van der Waals surface area contributed by atoms with Crippen LogP contribution in [0, 0.1) is 0 Å². The first kappa shape index (κ1) is 12.1. The van der Waals surface area contributed by atoms with E-state index in [-0.39, 0.29) is 5.91 Å². The van der Waals surface area contributed by atoms with Crippen molar-refractivity contribution in [3.05, 3.63) is 24.3 Å². The summed E-state index contributed by atoms with van der Waals surface area (Å²) in [7, 11) is 0. The van der Waals surface area contributed by atoms with Crippen molar-refractivity contribution in [3.8, 4) is 0 Å². The molecule has 1 amide bonds. The number of nitrogens with one attached hydrogen (secondary N) is 1. The van der Waals surface area contributed by atoms with Crippen LogP contribution in [0.4, 0.5) is 5.69 Å². The van der Waals surface area contributed by atoms with Crippen molar-refractivity contribution in [1.29, 1.82) is 0 Å². The van der Waals surface area contributed by atoms with Crippen LogP contribution in [0.25, 0.3) is 0 Å². The van der Waals surface area contributed by atoms with Crippen molar-refractivity contribution >= 4 is 23.4 Å². The number of carbonyl (C=O) groups excluding carboxylic acids is 1. The highest BCUT2D eigenvalue weighted by molar-refractivity contribution is 8.00. The quantitative estimate of drug-likeness (QED) is 0.613. The second kappa shape index (κ2) is 4.68. The second-order valence-electron chi connectivity index (χ2n) is 3.75. The Hall–Kier alpha value is -1.00. The predicted octanol–water partition coefficient (Wildman–Crippen LogP) is 2.47. The van der Waals surface area contributed by atoms with Gasteiger partial charge in [-0.05, 0) is 38.1 Å². The molecule has 0 unspecified atom stereocenters. The Morgan fingerprint density at radius 1 is 1.33 bits per heavy atom. The molecule has 0 heterocycles. The summed E-state index contributed by atoms with van der Waals surface area (Å²) in [6.45, 7) is 4.94. The summed E-state index contributed by atoms with van der Waals surface area (Å²) < 4.78 is 0. The fraction of sp³-hybridized carbons (Fsp3) is 0.364. The van der Waals surface area contributed by atoms with Crippen LogP contribution in [0.15, 0.2) is 29.2 Å². The van der Waals surface area contributed by atoms with Gasteiger partial charge in [0.05, 0.1) is 0 Å². The minimum atomic E-state index is -0.782. The molecule has 2 N–H and O–H groups in total. The maximum absolute atomic E-state index is 10.8. The lowest BCUT2D eigenvalue weighted by molar-refractivity contribution is -0.114. The van der Waals surface area contributed by atoms with E-state index in [0.29, 0.717) is 0 Å². The highest BCUT2D eigenvalue weighted by Crippen LogP contribution is 2.30. The van der Waals surface area contributed by atoms with Crippen molar-refractivity contribution in [2.45, 2.75) is 30.6 Å². The van der Waals surface area contributed by atoms with Gasteiger partial charge in [-0.2, -0.15) is 0 Å². The monoisotopic (exact) mass is 225 g/mol. The van der Waals surface area contributed by atoms with Crippen molar-refractivity contribution in [3.63, 3.8) is 0 Å². The molecule has 4 heteroatoms. The van der Waals surface area contributed by atoms with Gasteiger partial charge in [0.15, 0.2) is 0 Å². The molecule has 1 rings (SSSR count). The van der Waals surface area contributed by atoms with Gasteiger partial charge < -0.3 is 10.4 Å². The summed E-state index contributed by atoms with van der Waals surface area (Å²) in [5.74, 6) is -0.0853. The van der Waals surface area contributed by atoms with Gasteiger partial charge in [0.1, 0.15) is 4.93 Å². The SMILES string of the molecule is CC(=O)Nc1ccc(SC(C)(C)O)cc1. The Morgan fingerprint density at radius 3 is 2.27 bits per heavy atom. The lowest BCUT2D eigenvalue weighted by Gasteiger charge is -2.16. The third-order valence-corrected chi connectivity index (χ3v) is 2.55. The fourth-order valence-electron chi connectivity index (χ4n) is 1.10. The van der Waals surface area contributed by atoms with E-state index < -0.39 is 4.93 Å². The van der Waals surface area contributed by atoms with E-state index in [1.54, 1.807) is 13.8 Å². The maximum Gasteiger partial charge on any atom is 0.221 e. The molecule has 0 aromatic heterocycles. The van der Waals surface area contributed by atoms with E-state index >= 15 is 0 Å². The number of carbonyl (C=O) groups is 1. The van der Waals surface area contributed by atoms with Crippen molar-refractivity contribution in [2.24, 2.45) is 0 Å². The van der Waals surface area contributed by atoms with Gasteiger partial charge in [-0.1, -0.05) is 11.8 Å². The average molecular weight is 225 g/mol. The van der Waals surface area contributed by atoms with E-state index in [2.05, 4.69) is 5.32 Å². The maximum atomic E-state index is 10.8. The van der Waals surface area contributed by atoms with Gasteiger partial charge in [-0.15, -0.1) is 0 Å². The van der Waals surface area contributed by atoms with E-state index in [1.807, 2.05) is 24.3 Å². The van der Waals surface area contributed by atoms with E-state index in [1.165, 1.54) is 18.7 Å². The molecule has 0 fully saturated rings. The number of hydrogen-bond acceptors (Lipinski definition) is 3. The number of aliphatic hydroxyl groups is 1. The minimum absolute atomic E-state index is 0.0853. The van der Waals surface area contributed by atoms with Gasteiger partial charge in [0, 0.05) is 17.5 Å². The number of thioether (sulfide) groups is 1. The first-order chi connectivity index (χ1) is 6.87. The predicted molar refractivity (Wildman–Crippen MR) is 62.9 cm³/mol.